The largest absolute Gasteiger partial charge is 0.325 e. The highest BCUT2D eigenvalue weighted by molar-refractivity contribution is 5.92. The number of amides is 1. The van der Waals surface area contributed by atoms with Crippen LogP contribution in [0.4, 0.5) is 5.69 Å². The number of carbonyl (C=O) groups excluding carboxylic acids is 1. The van der Waals surface area contributed by atoms with Gasteiger partial charge in [0.1, 0.15) is 0 Å². The number of nitrogens with zero attached hydrogens (tertiary/aromatic N) is 2. The van der Waals surface area contributed by atoms with E-state index in [0.717, 1.165) is 12.2 Å². The third-order valence-electron chi connectivity index (χ3n) is 3.31. The molecule has 0 bridgehead atoms. The molecule has 0 heterocycles. The molecule has 0 spiro atoms. The predicted octanol–water partition coefficient (Wildman–Crippen LogP) is 2.62. The van der Waals surface area contributed by atoms with Crippen LogP contribution in [0.1, 0.15) is 32.3 Å². The standard InChI is InChI=1S/C16H21N3O/c1-12(2)10-19(15-7-8-15)11-16(20)18-14-5-3-13(9-17)4-6-14/h3-6,12,15H,7-8,10-11H2,1-2H3,(H,18,20). The number of nitrogens with one attached hydrogen (secondary N) is 1. The van der Waals surface area contributed by atoms with E-state index >= 15 is 0 Å². The number of nitriles is 1. The fourth-order valence-corrected chi connectivity index (χ4v) is 2.26. The van der Waals surface area contributed by atoms with Gasteiger partial charge in [-0.15, -0.1) is 0 Å². The van der Waals surface area contributed by atoms with Gasteiger partial charge in [-0.05, 0) is 43.0 Å². The number of rotatable bonds is 6. The molecule has 0 unspecified atom stereocenters. The van der Waals surface area contributed by atoms with Crippen molar-refractivity contribution in [3.8, 4) is 6.07 Å². The molecule has 1 fully saturated rings. The van der Waals surface area contributed by atoms with E-state index in [1.54, 1.807) is 24.3 Å². The van der Waals surface area contributed by atoms with Gasteiger partial charge in [-0.2, -0.15) is 5.26 Å². The van der Waals surface area contributed by atoms with Crippen LogP contribution in [0, 0.1) is 17.2 Å². The molecule has 1 aliphatic rings. The van der Waals surface area contributed by atoms with Crippen molar-refractivity contribution in [3.63, 3.8) is 0 Å². The molecular formula is C16H21N3O. The molecular weight excluding hydrogens is 250 g/mol. The number of hydrogen-bond acceptors (Lipinski definition) is 3. The van der Waals surface area contributed by atoms with E-state index < -0.39 is 0 Å². The first-order valence-corrected chi connectivity index (χ1v) is 7.12. The van der Waals surface area contributed by atoms with Gasteiger partial charge < -0.3 is 5.32 Å². The number of carbonyl (C=O) groups is 1. The zero-order chi connectivity index (χ0) is 14.5. The zero-order valence-corrected chi connectivity index (χ0v) is 12.1. The Labute approximate surface area is 120 Å². The molecule has 0 atom stereocenters. The van der Waals surface area contributed by atoms with Gasteiger partial charge in [-0.1, -0.05) is 13.8 Å². The Kier molecular flexibility index (Phi) is 4.75. The molecule has 1 aromatic carbocycles. The minimum absolute atomic E-state index is 0.0160. The van der Waals surface area contributed by atoms with Gasteiger partial charge in [0.25, 0.3) is 0 Å². The first-order valence-electron chi connectivity index (χ1n) is 7.12. The average Bonchev–Trinajstić information content (AvgIpc) is 3.22. The summed E-state index contributed by atoms with van der Waals surface area (Å²) >= 11 is 0. The van der Waals surface area contributed by atoms with Gasteiger partial charge in [0, 0.05) is 18.3 Å². The summed E-state index contributed by atoms with van der Waals surface area (Å²) in [5, 5.41) is 11.6. The molecule has 1 aromatic rings. The maximum absolute atomic E-state index is 12.1. The Balaban J connectivity index is 1.88. The summed E-state index contributed by atoms with van der Waals surface area (Å²) in [5.74, 6) is 0.584. The van der Waals surface area contributed by atoms with Crippen LogP contribution in [0.3, 0.4) is 0 Å². The monoisotopic (exact) mass is 271 g/mol. The predicted molar refractivity (Wildman–Crippen MR) is 79.2 cm³/mol. The molecule has 0 saturated heterocycles. The van der Waals surface area contributed by atoms with Crippen molar-refractivity contribution in [2.24, 2.45) is 5.92 Å². The Morgan fingerprint density at radius 2 is 2.05 bits per heavy atom. The summed E-state index contributed by atoms with van der Waals surface area (Å²) in [5.41, 5.74) is 1.34. The van der Waals surface area contributed by atoms with Crippen LogP contribution in [0.15, 0.2) is 24.3 Å². The van der Waals surface area contributed by atoms with Crippen molar-refractivity contribution in [2.45, 2.75) is 32.7 Å². The van der Waals surface area contributed by atoms with Crippen LogP contribution >= 0.6 is 0 Å². The SMILES string of the molecule is CC(C)CN(CC(=O)Nc1ccc(C#N)cc1)C1CC1. The van der Waals surface area contributed by atoms with E-state index in [4.69, 9.17) is 5.26 Å². The Hall–Kier alpha value is -1.86. The molecule has 1 saturated carbocycles. The first-order chi connectivity index (χ1) is 9.58. The minimum Gasteiger partial charge on any atom is -0.325 e. The molecule has 0 aliphatic heterocycles. The first kappa shape index (κ1) is 14.5. The number of anilines is 1. The summed E-state index contributed by atoms with van der Waals surface area (Å²) < 4.78 is 0. The highest BCUT2D eigenvalue weighted by Crippen LogP contribution is 2.27. The van der Waals surface area contributed by atoms with Crippen LogP contribution in [-0.4, -0.2) is 29.9 Å². The van der Waals surface area contributed by atoms with Crippen LogP contribution in [0.2, 0.25) is 0 Å². The molecule has 20 heavy (non-hydrogen) atoms. The van der Waals surface area contributed by atoms with Crippen LogP contribution < -0.4 is 5.32 Å². The third kappa shape index (κ3) is 4.36. The fraction of sp³-hybridized carbons (Fsp3) is 0.500. The number of hydrogen-bond donors (Lipinski definition) is 1. The lowest BCUT2D eigenvalue weighted by molar-refractivity contribution is -0.117. The second kappa shape index (κ2) is 6.53. The van der Waals surface area contributed by atoms with Gasteiger partial charge in [-0.3, -0.25) is 9.69 Å². The molecule has 4 nitrogen and oxygen atoms in total. The quantitative estimate of drug-likeness (QED) is 0.865. The summed E-state index contributed by atoms with van der Waals surface area (Å²) in [6.07, 6.45) is 2.41. The van der Waals surface area contributed by atoms with Crippen LogP contribution in [0.5, 0.6) is 0 Å². The van der Waals surface area contributed by atoms with Crippen molar-refractivity contribution in [1.82, 2.24) is 4.90 Å². The van der Waals surface area contributed by atoms with Crippen molar-refractivity contribution in [2.75, 3.05) is 18.4 Å². The highest BCUT2D eigenvalue weighted by atomic mass is 16.2. The van der Waals surface area contributed by atoms with Crippen molar-refractivity contribution >= 4 is 11.6 Å². The summed E-state index contributed by atoms with van der Waals surface area (Å²) in [6, 6.07) is 9.60. The van der Waals surface area contributed by atoms with Crippen molar-refractivity contribution in [1.29, 1.82) is 5.26 Å². The zero-order valence-electron chi connectivity index (χ0n) is 12.1. The molecule has 106 valence electrons. The molecule has 0 aromatic heterocycles. The summed E-state index contributed by atoms with van der Waals surface area (Å²) in [7, 11) is 0. The lowest BCUT2D eigenvalue weighted by atomic mass is 10.2. The Morgan fingerprint density at radius 1 is 1.40 bits per heavy atom. The minimum atomic E-state index is 0.0160. The second-order valence-corrected chi connectivity index (χ2v) is 5.79. The fourth-order valence-electron chi connectivity index (χ4n) is 2.26. The van der Waals surface area contributed by atoms with Gasteiger partial charge >= 0.3 is 0 Å². The number of benzene rings is 1. The Bertz CT molecular complexity index is 497. The lowest BCUT2D eigenvalue weighted by Gasteiger charge is -2.23. The molecule has 1 aliphatic carbocycles. The van der Waals surface area contributed by atoms with Gasteiger partial charge in [-0.25, -0.2) is 0 Å². The third-order valence-corrected chi connectivity index (χ3v) is 3.31. The Morgan fingerprint density at radius 3 is 2.55 bits per heavy atom. The van der Waals surface area contributed by atoms with Crippen molar-refractivity contribution < 1.29 is 4.79 Å². The highest BCUT2D eigenvalue weighted by Gasteiger charge is 2.30. The average molecular weight is 271 g/mol. The molecule has 1 amide bonds. The van der Waals surface area contributed by atoms with E-state index in [1.165, 1.54) is 12.8 Å². The van der Waals surface area contributed by atoms with Crippen LogP contribution in [0.25, 0.3) is 0 Å². The second-order valence-electron chi connectivity index (χ2n) is 5.79. The van der Waals surface area contributed by atoms with E-state index in [1.807, 2.05) is 0 Å². The van der Waals surface area contributed by atoms with E-state index in [9.17, 15) is 4.79 Å². The van der Waals surface area contributed by atoms with Crippen molar-refractivity contribution in [3.05, 3.63) is 29.8 Å². The summed E-state index contributed by atoms with van der Waals surface area (Å²) in [6.45, 7) is 5.76. The molecule has 1 N–H and O–H groups in total. The summed E-state index contributed by atoms with van der Waals surface area (Å²) in [4.78, 5) is 14.3. The molecule has 2 rings (SSSR count). The van der Waals surface area contributed by atoms with Gasteiger partial charge in [0.05, 0.1) is 18.2 Å². The topological polar surface area (TPSA) is 56.1 Å². The lowest BCUT2D eigenvalue weighted by Crippen LogP contribution is -2.37. The van der Waals surface area contributed by atoms with Crippen LogP contribution in [-0.2, 0) is 4.79 Å². The van der Waals surface area contributed by atoms with E-state index in [0.29, 0.717) is 24.1 Å². The van der Waals surface area contributed by atoms with E-state index in [2.05, 4.69) is 30.1 Å². The maximum atomic E-state index is 12.1. The maximum Gasteiger partial charge on any atom is 0.238 e. The van der Waals surface area contributed by atoms with Gasteiger partial charge in [0.2, 0.25) is 5.91 Å². The molecule has 0 radical (unpaired) electrons. The normalized spacial score (nSPS) is 14.3. The van der Waals surface area contributed by atoms with Gasteiger partial charge in [0.15, 0.2) is 0 Å². The van der Waals surface area contributed by atoms with E-state index in [-0.39, 0.29) is 5.91 Å². The smallest absolute Gasteiger partial charge is 0.238 e. The molecule has 4 heteroatoms.